The van der Waals surface area contributed by atoms with Gasteiger partial charge < -0.3 is 15.0 Å². The number of rotatable bonds is 4. The van der Waals surface area contributed by atoms with Crippen LogP contribution >= 0.6 is 0 Å². The Bertz CT molecular complexity index is 1130. The minimum absolute atomic E-state index is 0.201. The van der Waals surface area contributed by atoms with E-state index in [1.165, 1.54) is 10.4 Å². The van der Waals surface area contributed by atoms with E-state index < -0.39 is 10.0 Å². The number of aromatic nitrogens is 1. The lowest BCUT2D eigenvalue weighted by Crippen LogP contribution is -2.40. The van der Waals surface area contributed by atoms with E-state index in [0.717, 1.165) is 10.9 Å². The van der Waals surface area contributed by atoms with Crippen molar-refractivity contribution < 1.29 is 17.9 Å². The van der Waals surface area contributed by atoms with E-state index in [1.54, 1.807) is 31.2 Å². The highest BCUT2D eigenvalue weighted by Crippen LogP contribution is 2.25. The third kappa shape index (κ3) is 3.54. The van der Waals surface area contributed by atoms with Crippen LogP contribution in [0.2, 0.25) is 0 Å². The molecule has 3 aromatic rings. The summed E-state index contributed by atoms with van der Waals surface area (Å²) in [7, 11) is -3.64. The van der Waals surface area contributed by atoms with Gasteiger partial charge in [0.25, 0.3) is 5.91 Å². The Morgan fingerprint density at radius 2 is 1.89 bits per heavy atom. The smallest absolute Gasteiger partial charge is 0.255 e. The molecule has 1 saturated heterocycles. The Labute approximate surface area is 163 Å². The number of benzene rings is 2. The Morgan fingerprint density at radius 1 is 1.11 bits per heavy atom. The molecule has 1 aliphatic heterocycles. The fourth-order valence-corrected chi connectivity index (χ4v) is 4.93. The fourth-order valence-electron chi connectivity index (χ4n) is 3.27. The summed E-state index contributed by atoms with van der Waals surface area (Å²) in [6.07, 6.45) is 1.81. The zero-order chi connectivity index (χ0) is 19.7. The summed E-state index contributed by atoms with van der Waals surface area (Å²) in [5, 5.41) is 3.82. The Kier molecular flexibility index (Phi) is 4.92. The number of aromatic amines is 1. The number of ether oxygens (including phenoxy) is 1. The number of hydrogen-bond acceptors (Lipinski definition) is 4. The summed E-state index contributed by atoms with van der Waals surface area (Å²) in [5.74, 6) is -0.296. The van der Waals surface area contributed by atoms with Gasteiger partial charge in [0.05, 0.1) is 18.1 Å². The molecular weight excluding hydrogens is 378 g/mol. The van der Waals surface area contributed by atoms with Gasteiger partial charge in [0.2, 0.25) is 10.0 Å². The number of amides is 1. The third-order valence-corrected chi connectivity index (χ3v) is 6.89. The molecular formula is C20H21N3O4S. The number of anilines is 1. The zero-order valence-electron chi connectivity index (χ0n) is 15.4. The molecule has 2 heterocycles. The van der Waals surface area contributed by atoms with Gasteiger partial charge in [0.15, 0.2) is 0 Å². The van der Waals surface area contributed by atoms with E-state index in [0.29, 0.717) is 43.1 Å². The van der Waals surface area contributed by atoms with Crippen molar-refractivity contribution in [2.45, 2.75) is 11.8 Å². The molecule has 1 amide bonds. The van der Waals surface area contributed by atoms with Crippen LogP contribution in [0.4, 0.5) is 5.69 Å². The van der Waals surface area contributed by atoms with Crippen molar-refractivity contribution in [2.75, 3.05) is 31.6 Å². The minimum atomic E-state index is -3.64. The van der Waals surface area contributed by atoms with Crippen LogP contribution in [-0.2, 0) is 14.8 Å². The summed E-state index contributed by atoms with van der Waals surface area (Å²) < 4.78 is 32.6. The Balaban J connectivity index is 1.60. The molecule has 0 unspecified atom stereocenters. The summed E-state index contributed by atoms with van der Waals surface area (Å²) in [6, 6.07) is 12.2. The van der Waals surface area contributed by atoms with E-state index in [-0.39, 0.29) is 10.8 Å². The van der Waals surface area contributed by atoms with Crippen LogP contribution in [0.3, 0.4) is 0 Å². The number of nitrogens with one attached hydrogen (secondary N) is 2. The molecule has 0 radical (unpaired) electrons. The molecule has 1 aromatic heterocycles. The van der Waals surface area contributed by atoms with Gasteiger partial charge in [-0.1, -0.05) is 12.1 Å². The van der Waals surface area contributed by atoms with Crippen LogP contribution in [-0.4, -0.2) is 49.9 Å². The van der Waals surface area contributed by atoms with Crippen molar-refractivity contribution in [3.63, 3.8) is 0 Å². The first-order valence-corrected chi connectivity index (χ1v) is 10.5. The highest BCUT2D eigenvalue weighted by molar-refractivity contribution is 7.89. The molecule has 4 rings (SSSR count). The largest absolute Gasteiger partial charge is 0.379 e. The number of morpholine rings is 1. The van der Waals surface area contributed by atoms with Gasteiger partial charge in [0.1, 0.15) is 0 Å². The molecule has 0 bridgehead atoms. The predicted molar refractivity (Wildman–Crippen MR) is 107 cm³/mol. The molecule has 2 aromatic carbocycles. The number of carbonyl (C=O) groups is 1. The standard InChI is InChI=1S/C20H21N3O4S/c1-14-2-5-17(13-19(14)28(25,26)23-8-10-27-11-9-23)22-20(24)16-4-3-15-6-7-21-18(15)12-16/h2-7,12-13,21H,8-11H2,1H3,(H,22,24). The molecule has 7 nitrogen and oxygen atoms in total. The lowest BCUT2D eigenvalue weighted by Gasteiger charge is -2.26. The number of sulfonamides is 1. The second-order valence-electron chi connectivity index (χ2n) is 6.73. The third-order valence-electron chi connectivity index (χ3n) is 4.85. The van der Waals surface area contributed by atoms with Crippen molar-refractivity contribution in [3.05, 3.63) is 59.8 Å². The summed E-state index contributed by atoms with van der Waals surface area (Å²) in [4.78, 5) is 15.9. The zero-order valence-corrected chi connectivity index (χ0v) is 16.3. The van der Waals surface area contributed by atoms with Gasteiger partial charge >= 0.3 is 0 Å². The van der Waals surface area contributed by atoms with E-state index >= 15 is 0 Å². The average Bonchev–Trinajstić information content (AvgIpc) is 3.18. The maximum absolute atomic E-state index is 13.0. The van der Waals surface area contributed by atoms with E-state index in [4.69, 9.17) is 4.74 Å². The number of hydrogen-bond donors (Lipinski definition) is 2. The van der Waals surface area contributed by atoms with Crippen LogP contribution in [0.5, 0.6) is 0 Å². The minimum Gasteiger partial charge on any atom is -0.379 e. The van der Waals surface area contributed by atoms with Crippen molar-refractivity contribution in [1.29, 1.82) is 0 Å². The van der Waals surface area contributed by atoms with Gasteiger partial charge in [-0.05, 0) is 48.2 Å². The molecule has 0 saturated carbocycles. The molecule has 1 aliphatic rings. The van der Waals surface area contributed by atoms with Crippen LogP contribution in [0.15, 0.2) is 53.6 Å². The number of aryl methyl sites for hydroxylation is 1. The van der Waals surface area contributed by atoms with Crippen LogP contribution in [0, 0.1) is 6.92 Å². The highest BCUT2D eigenvalue weighted by atomic mass is 32.2. The van der Waals surface area contributed by atoms with Crippen LogP contribution in [0.25, 0.3) is 10.9 Å². The molecule has 2 N–H and O–H groups in total. The summed E-state index contributed by atoms with van der Waals surface area (Å²) >= 11 is 0. The van der Waals surface area contributed by atoms with Gasteiger partial charge in [-0.2, -0.15) is 4.31 Å². The van der Waals surface area contributed by atoms with Gasteiger partial charge in [-0.15, -0.1) is 0 Å². The van der Waals surface area contributed by atoms with Gasteiger partial charge in [0, 0.05) is 36.1 Å². The summed E-state index contributed by atoms with van der Waals surface area (Å²) in [6.45, 7) is 3.17. The van der Waals surface area contributed by atoms with Crippen molar-refractivity contribution in [2.24, 2.45) is 0 Å². The van der Waals surface area contributed by atoms with E-state index in [1.807, 2.05) is 18.3 Å². The quantitative estimate of drug-likeness (QED) is 0.706. The molecule has 0 spiro atoms. The van der Waals surface area contributed by atoms with Crippen molar-refractivity contribution >= 4 is 32.5 Å². The molecule has 0 atom stereocenters. The van der Waals surface area contributed by atoms with Crippen LogP contribution in [0.1, 0.15) is 15.9 Å². The fraction of sp³-hybridized carbons (Fsp3) is 0.250. The molecule has 0 aliphatic carbocycles. The van der Waals surface area contributed by atoms with Gasteiger partial charge in [-0.25, -0.2) is 8.42 Å². The normalized spacial score (nSPS) is 15.6. The van der Waals surface area contributed by atoms with E-state index in [2.05, 4.69) is 10.3 Å². The first-order valence-electron chi connectivity index (χ1n) is 9.02. The second-order valence-corrected chi connectivity index (χ2v) is 8.64. The topological polar surface area (TPSA) is 91.5 Å². The SMILES string of the molecule is Cc1ccc(NC(=O)c2ccc3cc[nH]c3c2)cc1S(=O)(=O)N1CCOCC1. The number of fused-ring (bicyclic) bond motifs is 1. The van der Waals surface area contributed by atoms with E-state index in [9.17, 15) is 13.2 Å². The Morgan fingerprint density at radius 3 is 2.68 bits per heavy atom. The maximum Gasteiger partial charge on any atom is 0.255 e. The summed E-state index contributed by atoms with van der Waals surface area (Å²) in [5.41, 5.74) is 2.44. The average molecular weight is 399 g/mol. The highest BCUT2D eigenvalue weighted by Gasteiger charge is 2.28. The maximum atomic E-state index is 13.0. The predicted octanol–water partition coefficient (Wildman–Crippen LogP) is 2.75. The van der Waals surface area contributed by atoms with Gasteiger partial charge in [-0.3, -0.25) is 4.79 Å². The molecule has 28 heavy (non-hydrogen) atoms. The van der Waals surface area contributed by atoms with Crippen molar-refractivity contribution in [3.8, 4) is 0 Å². The second kappa shape index (κ2) is 7.38. The first kappa shape index (κ1) is 18.7. The monoisotopic (exact) mass is 399 g/mol. The van der Waals surface area contributed by atoms with Crippen LogP contribution < -0.4 is 5.32 Å². The molecule has 146 valence electrons. The Hall–Kier alpha value is -2.68. The molecule has 8 heteroatoms. The number of carbonyl (C=O) groups excluding carboxylic acids is 1. The molecule has 1 fully saturated rings. The number of nitrogens with zero attached hydrogens (tertiary/aromatic N) is 1. The first-order chi connectivity index (χ1) is 13.4. The lowest BCUT2D eigenvalue weighted by atomic mass is 10.1. The number of H-pyrrole nitrogens is 1. The lowest BCUT2D eigenvalue weighted by molar-refractivity contribution is 0.0730. The van der Waals surface area contributed by atoms with Crippen molar-refractivity contribution in [1.82, 2.24) is 9.29 Å².